The van der Waals surface area contributed by atoms with Gasteiger partial charge in [-0.25, -0.2) is 0 Å². The van der Waals surface area contributed by atoms with Crippen LogP contribution in [0.25, 0.3) is 5.69 Å². The van der Waals surface area contributed by atoms with Crippen molar-refractivity contribution in [3.63, 3.8) is 0 Å². The number of hydrogen-bond acceptors (Lipinski definition) is 4. The van der Waals surface area contributed by atoms with E-state index in [2.05, 4.69) is 61.0 Å². The van der Waals surface area contributed by atoms with Crippen molar-refractivity contribution < 1.29 is 4.79 Å². The summed E-state index contributed by atoms with van der Waals surface area (Å²) in [7, 11) is 0. The van der Waals surface area contributed by atoms with E-state index in [0.717, 1.165) is 15.7 Å². The number of nitrogens with zero attached hydrogens (tertiary/aromatic N) is 4. The Kier molecular flexibility index (Phi) is 5.78. The summed E-state index contributed by atoms with van der Waals surface area (Å²) in [6.07, 6.45) is 1.13. The van der Waals surface area contributed by atoms with E-state index in [9.17, 15) is 4.79 Å². The number of hydrogen-bond donors (Lipinski definition) is 1. The average Bonchev–Trinajstić information content (AvgIpc) is 3.12. The van der Waals surface area contributed by atoms with Crippen molar-refractivity contribution in [2.45, 2.75) is 32.7 Å². The van der Waals surface area contributed by atoms with Crippen LogP contribution in [0.2, 0.25) is 0 Å². The fourth-order valence-electron chi connectivity index (χ4n) is 2.62. The number of amides is 1. The van der Waals surface area contributed by atoms with Crippen LogP contribution in [0.1, 0.15) is 36.3 Å². The molecule has 134 valence electrons. The van der Waals surface area contributed by atoms with Crippen LogP contribution in [0, 0.1) is 6.92 Å². The summed E-state index contributed by atoms with van der Waals surface area (Å²) in [6.45, 7) is 3.93. The van der Waals surface area contributed by atoms with Gasteiger partial charge in [-0.1, -0.05) is 45.8 Å². The molecular formula is C19H20BrN5O. The van der Waals surface area contributed by atoms with Crippen molar-refractivity contribution in [1.29, 1.82) is 0 Å². The number of tetrazole rings is 1. The number of halogens is 1. The number of nitrogens with one attached hydrogen (secondary N) is 1. The summed E-state index contributed by atoms with van der Waals surface area (Å²) in [6, 6.07) is 15.6. The highest BCUT2D eigenvalue weighted by Crippen LogP contribution is 2.17. The maximum Gasteiger partial charge on any atom is 0.220 e. The first-order chi connectivity index (χ1) is 12.5. The Morgan fingerprint density at radius 3 is 2.54 bits per heavy atom. The lowest BCUT2D eigenvalue weighted by Gasteiger charge is -2.14. The molecule has 0 aliphatic heterocycles. The molecule has 0 radical (unpaired) electrons. The minimum Gasteiger partial charge on any atom is -0.346 e. The minimum atomic E-state index is -0.292. The lowest BCUT2D eigenvalue weighted by Crippen LogP contribution is -2.28. The zero-order valence-electron chi connectivity index (χ0n) is 14.7. The van der Waals surface area contributed by atoms with Gasteiger partial charge >= 0.3 is 0 Å². The van der Waals surface area contributed by atoms with Crippen LogP contribution in [0.3, 0.4) is 0 Å². The number of rotatable bonds is 6. The molecule has 0 spiro atoms. The number of aromatic nitrogens is 4. The summed E-state index contributed by atoms with van der Waals surface area (Å²) in [5.41, 5.74) is 3.21. The quantitative estimate of drug-likeness (QED) is 0.670. The van der Waals surface area contributed by atoms with Gasteiger partial charge in [0.25, 0.3) is 0 Å². The van der Waals surface area contributed by atoms with Crippen molar-refractivity contribution in [2.75, 3.05) is 0 Å². The number of carbonyl (C=O) groups is 1. The van der Waals surface area contributed by atoms with Crippen molar-refractivity contribution >= 4 is 21.8 Å². The maximum atomic E-state index is 12.3. The molecule has 1 N–H and O–H groups in total. The van der Waals surface area contributed by atoms with Crippen LogP contribution >= 0.6 is 15.9 Å². The summed E-state index contributed by atoms with van der Waals surface area (Å²) < 4.78 is 2.62. The van der Waals surface area contributed by atoms with Crippen LogP contribution < -0.4 is 5.32 Å². The summed E-state index contributed by atoms with van der Waals surface area (Å²) >= 11 is 3.41. The molecule has 0 fully saturated rings. The third-order valence-electron chi connectivity index (χ3n) is 4.09. The molecular weight excluding hydrogens is 394 g/mol. The van der Waals surface area contributed by atoms with Gasteiger partial charge in [-0.05, 0) is 60.5 Å². The number of benzene rings is 2. The molecule has 1 aromatic heterocycles. The maximum absolute atomic E-state index is 12.3. The highest BCUT2D eigenvalue weighted by molar-refractivity contribution is 9.10. The van der Waals surface area contributed by atoms with Crippen LogP contribution in [0.5, 0.6) is 0 Å². The van der Waals surface area contributed by atoms with E-state index in [-0.39, 0.29) is 11.9 Å². The van der Waals surface area contributed by atoms with E-state index in [1.807, 2.05) is 38.1 Å². The van der Waals surface area contributed by atoms with E-state index < -0.39 is 0 Å². The zero-order valence-corrected chi connectivity index (χ0v) is 16.3. The average molecular weight is 414 g/mol. The molecule has 1 atom stereocenters. The predicted molar refractivity (Wildman–Crippen MR) is 103 cm³/mol. The van der Waals surface area contributed by atoms with Gasteiger partial charge in [-0.2, -0.15) is 4.68 Å². The fourth-order valence-corrected chi connectivity index (χ4v) is 2.89. The zero-order chi connectivity index (χ0) is 18.5. The highest BCUT2D eigenvalue weighted by atomic mass is 79.9. The van der Waals surface area contributed by atoms with Crippen molar-refractivity contribution in [3.8, 4) is 5.69 Å². The molecule has 0 bridgehead atoms. The first-order valence-electron chi connectivity index (χ1n) is 8.42. The Hall–Kier alpha value is -2.54. The Morgan fingerprint density at radius 2 is 1.85 bits per heavy atom. The second-order valence-corrected chi connectivity index (χ2v) is 7.12. The molecule has 3 rings (SSSR count). The van der Waals surface area contributed by atoms with Crippen molar-refractivity contribution in [3.05, 3.63) is 70.0 Å². The molecule has 0 aliphatic rings. The second-order valence-electron chi connectivity index (χ2n) is 6.20. The SMILES string of the molecule is Cc1ccc(CCC(=O)NC(C)c2nnnn2-c2ccc(Br)cc2)cc1. The molecule has 7 heteroatoms. The van der Waals surface area contributed by atoms with Gasteiger partial charge in [0.2, 0.25) is 5.91 Å². The standard InChI is InChI=1S/C19H20BrN5O/c1-13-3-5-15(6-4-13)7-12-18(26)21-14(2)19-22-23-24-25(19)17-10-8-16(20)9-11-17/h3-6,8-11,14H,7,12H2,1-2H3,(H,21,26). The van der Waals surface area contributed by atoms with E-state index in [4.69, 9.17) is 0 Å². The minimum absolute atomic E-state index is 0.0246. The van der Waals surface area contributed by atoms with Gasteiger partial charge in [0.1, 0.15) is 0 Å². The van der Waals surface area contributed by atoms with Crippen LogP contribution in [-0.4, -0.2) is 26.1 Å². The Labute approximate surface area is 160 Å². The Morgan fingerprint density at radius 1 is 1.15 bits per heavy atom. The molecule has 0 saturated carbocycles. The van der Waals surface area contributed by atoms with Crippen molar-refractivity contribution in [1.82, 2.24) is 25.5 Å². The largest absolute Gasteiger partial charge is 0.346 e. The lowest BCUT2D eigenvalue weighted by atomic mass is 10.1. The lowest BCUT2D eigenvalue weighted by molar-refractivity contribution is -0.121. The Balaban J connectivity index is 1.62. The molecule has 26 heavy (non-hydrogen) atoms. The highest BCUT2D eigenvalue weighted by Gasteiger charge is 2.17. The third kappa shape index (κ3) is 4.54. The summed E-state index contributed by atoms with van der Waals surface area (Å²) in [4.78, 5) is 12.3. The van der Waals surface area contributed by atoms with Crippen molar-refractivity contribution in [2.24, 2.45) is 0 Å². The van der Waals surface area contributed by atoms with Crippen LogP contribution in [0.4, 0.5) is 0 Å². The van der Waals surface area contributed by atoms with E-state index in [1.54, 1.807) is 4.68 Å². The molecule has 3 aromatic rings. The fraction of sp³-hybridized carbons (Fsp3) is 0.263. The van der Waals surface area contributed by atoms with Gasteiger partial charge < -0.3 is 5.32 Å². The van der Waals surface area contributed by atoms with E-state index in [0.29, 0.717) is 18.7 Å². The number of carbonyl (C=O) groups excluding carboxylic acids is 1. The first kappa shape index (κ1) is 18.3. The van der Waals surface area contributed by atoms with Gasteiger partial charge in [0, 0.05) is 10.9 Å². The van der Waals surface area contributed by atoms with Crippen LogP contribution in [-0.2, 0) is 11.2 Å². The molecule has 1 heterocycles. The molecule has 1 unspecified atom stereocenters. The Bertz CT molecular complexity index is 874. The monoisotopic (exact) mass is 413 g/mol. The molecule has 1 amide bonds. The van der Waals surface area contributed by atoms with Gasteiger partial charge in [0.15, 0.2) is 5.82 Å². The summed E-state index contributed by atoms with van der Waals surface area (Å²) in [5.74, 6) is 0.569. The number of aryl methyl sites for hydroxylation is 2. The smallest absolute Gasteiger partial charge is 0.220 e. The van der Waals surface area contributed by atoms with Gasteiger partial charge in [-0.15, -0.1) is 5.10 Å². The van der Waals surface area contributed by atoms with Gasteiger partial charge in [0.05, 0.1) is 11.7 Å². The molecule has 0 saturated heterocycles. The van der Waals surface area contributed by atoms with Gasteiger partial charge in [-0.3, -0.25) is 4.79 Å². The topological polar surface area (TPSA) is 72.7 Å². The first-order valence-corrected chi connectivity index (χ1v) is 9.21. The molecule has 0 aliphatic carbocycles. The molecule has 6 nitrogen and oxygen atoms in total. The van der Waals surface area contributed by atoms with E-state index in [1.165, 1.54) is 5.56 Å². The van der Waals surface area contributed by atoms with E-state index >= 15 is 0 Å². The predicted octanol–water partition coefficient (Wildman–Crippen LogP) is 3.54. The summed E-state index contributed by atoms with van der Waals surface area (Å²) in [5, 5.41) is 14.8. The third-order valence-corrected chi connectivity index (χ3v) is 4.62. The second kappa shape index (κ2) is 8.23. The molecule has 2 aromatic carbocycles. The normalized spacial score (nSPS) is 12.0. The van der Waals surface area contributed by atoms with Crippen LogP contribution in [0.15, 0.2) is 53.0 Å².